The van der Waals surface area contributed by atoms with E-state index in [0.717, 1.165) is 6.08 Å². The molecular formula is C9H7KO6S. The molecule has 0 aromatic heterocycles. The molecule has 0 aliphatic rings. The monoisotopic (exact) mass is 282 g/mol. The number of carbonyl (C=O) groups excluding carboxylic acids is 1. The van der Waals surface area contributed by atoms with Gasteiger partial charge in [-0.25, -0.2) is 0 Å². The second-order valence-corrected chi connectivity index (χ2v) is 3.75. The van der Waals surface area contributed by atoms with Gasteiger partial charge in [-0.2, -0.15) is 8.42 Å². The molecule has 0 amide bonds. The smallest absolute Gasteiger partial charge is 0.545 e. The molecule has 1 aromatic rings. The van der Waals surface area contributed by atoms with Gasteiger partial charge in [0.15, 0.2) is 0 Å². The Morgan fingerprint density at radius 3 is 2.24 bits per heavy atom. The summed E-state index contributed by atoms with van der Waals surface area (Å²) in [6.45, 7) is 0. The number of rotatable bonds is 4. The Kier molecular flexibility index (Phi) is 7.17. The molecule has 0 aliphatic heterocycles. The first-order valence-corrected chi connectivity index (χ1v) is 5.39. The Bertz CT molecular complexity index is 505. The average molecular weight is 282 g/mol. The SMILES string of the molecule is O=C([O-])/C=C/c1ccc(OS(=O)(=O)O)cc1.[K+]. The fourth-order valence-corrected chi connectivity index (χ4v) is 1.27. The van der Waals surface area contributed by atoms with E-state index in [1.165, 1.54) is 30.3 Å². The first kappa shape index (κ1) is 16.8. The van der Waals surface area contributed by atoms with Crippen LogP contribution in [0.5, 0.6) is 5.75 Å². The molecule has 0 heterocycles. The molecule has 8 heteroatoms. The normalized spacial score (nSPS) is 10.9. The molecule has 0 aliphatic carbocycles. The summed E-state index contributed by atoms with van der Waals surface area (Å²) in [6, 6.07) is 5.37. The molecule has 0 saturated heterocycles. The third-order valence-corrected chi connectivity index (χ3v) is 1.90. The minimum Gasteiger partial charge on any atom is -0.545 e. The Morgan fingerprint density at radius 2 is 1.82 bits per heavy atom. The topological polar surface area (TPSA) is 104 Å². The Labute approximate surface area is 141 Å². The molecule has 0 radical (unpaired) electrons. The van der Waals surface area contributed by atoms with Crippen LogP contribution >= 0.6 is 0 Å². The van der Waals surface area contributed by atoms with Crippen molar-refractivity contribution in [1.82, 2.24) is 0 Å². The predicted molar refractivity (Wildman–Crippen MR) is 52.7 cm³/mol. The maximum absolute atomic E-state index is 10.3. The average Bonchev–Trinajstić information content (AvgIpc) is 2.14. The van der Waals surface area contributed by atoms with Gasteiger partial charge in [-0.05, 0) is 23.8 Å². The third-order valence-electron chi connectivity index (χ3n) is 1.49. The van der Waals surface area contributed by atoms with Gasteiger partial charge in [-0.15, -0.1) is 0 Å². The molecular weight excluding hydrogens is 275 g/mol. The predicted octanol–water partition coefficient (Wildman–Crippen LogP) is -3.36. The fourth-order valence-electron chi connectivity index (χ4n) is 0.920. The van der Waals surface area contributed by atoms with Crippen LogP contribution in [0.2, 0.25) is 0 Å². The Hall–Kier alpha value is -0.224. The van der Waals surface area contributed by atoms with Crippen molar-refractivity contribution in [3.63, 3.8) is 0 Å². The molecule has 86 valence electrons. The Balaban J connectivity index is 0.00000256. The van der Waals surface area contributed by atoms with Crippen LogP contribution in [0, 0.1) is 0 Å². The number of hydrogen-bond donors (Lipinski definition) is 1. The van der Waals surface area contributed by atoms with Gasteiger partial charge in [0.2, 0.25) is 0 Å². The van der Waals surface area contributed by atoms with Crippen molar-refractivity contribution in [2.45, 2.75) is 0 Å². The van der Waals surface area contributed by atoms with Crippen LogP contribution in [0.4, 0.5) is 0 Å². The molecule has 0 spiro atoms. The van der Waals surface area contributed by atoms with Gasteiger partial charge in [0.25, 0.3) is 0 Å². The van der Waals surface area contributed by atoms with Crippen LogP contribution in [0.15, 0.2) is 30.3 Å². The summed E-state index contributed by atoms with van der Waals surface area (Å²) in [5.74, 6) is -1.41. The summed E-state index contributed by atoms with van der Waals surface area (Å²) in [7, 11) is -4.54. The molecule has 0 saturated carbocycles. The minimum absolute atomic E-state index is 0. The number of aliphatic carboxylic acids is 1. The molecule has 1 rings (SSSR count). The summed E-state index contributed by atoms with van der Waals surface area (Å²) in [5.41, 5.74) is 0.520. The van der Waals surface area contributed by atoms with Crippen molar-refractivity contribution in [2.75, 3.05) is 0 Å². The zero-order valence-electron chi connectivity index (χ0n) is 8.86. The number of carboxylic acids is 1. The van der Waals surface area contributed by atoms with Gasteiger partial charge in [-0.1, -0.05) is 18.2 Å². The quantitative estimate of drug-likeness (QED) is 0.351. The standard InChI is InChI=1S/C9H8O6S.K/c10-9(11)6-3-7-1-4-8(5-2-7)15-16(12,13)14;/h1-6H,(H,10,11)(H,12,13,14);/q;+1/p-1/b6-3+;. The number of carbonyl (C=O) groups is 1. The van der Waals surface area contributed by atoms with E-state index in [4.69, 9.17) is 4.55 Å². The van der Waals surface area contributed by atoms with Crippen molar-refractivity contribution >= 4 is 22.4 Å². The third kappa shape index (κ3) is 7.66. The molecule has 0 unspecified atom stereocenters. The van der Waals surface area contributed by atoms with E-state index in [1.54, 1.807) is 0 Å². The van der Waals surface area contributed by atoms with E-state index >= 15 is 0 Å². The maximum Gasteiger partial charge on any atom is 1.00 e. The molecule has 0 atom stereocenters. The van der Waals surface area contributed by atoms with Gasteiger partial charge in [0, 0.05) is 0 Å². The van der Waals surface area contributed by atoms with Gasteiger partial charge in [-0.3, -0.25) is 4.55 Å². The van der Waals surface area contributed by atoms with Gasteiger partial charge in [0.05, 0.1) is 5.97 Å². The molecule has 17 heavy (non-hydrogen) atoms. The van der Waals surface area contributed by atoms with Gasteiger partial charge < -0.3 is 14.1 Å². The maximum atomic E-state index is 10.3. The largest absolute Gasteiger partial charge is 1.00 e. The molecule has 1 N–H and O–H groups in total. The first-order valence-electron chi connectivity index (χ1n) is 4.03. The summed E-state index contributed by atoms with van der Waals surface area (Å²) >= 11 is 0. The van der Waals surface area contributed by atoms with Crippen molar-refractivity contribution in [1.29, 1.82) is 0 Å². The zero-order chi connectivity index (χ0) is 12.2. The first-order chi connectivity index (χ1) is 7.37. The fraction of sp³-hybridized carbons (Fsp3) is 0. The summed E-state index contributed by atoms with van der Waals surface area (Å²) in [5, 5.41) is 10.1. The van der Waals surface area contributed by atoms with Crippen LogP contribution < -0.4 is 60.7 Å². The van der Waals surface area contributed by atoms with E-state index in [-0.39, 0.29) is 57.1 Å². The second-order valence-electron chi connectivity index (χ2n) is 2.73. The van der Waals surface area contributed by atoms with Crippen LogP contribution in [0.3, 0.4) is 0 Å². The molecule has 0 bridgehead atoms. The van der Waals surface area contributed by atoms with Crippen LogP contribution in [0.1, 0.15) is 5.56 Å². The summed E-state index contributed by atoms with van der Waals surface area (Å²) in [4.78, 5) is 10.1. The van der Waals surface area contributed by atoms with Crippen molar-refractivity contribution in [3.8, 4) is 5.75 Å². The summed E-state index contributed by atoms with van der Waals surface area (Å²) in [6.07, 6.45) is 2.10. The van der Waals surface area contributed by atoms with E-state index in [2.05, 4.69) is 4.18 Å². The van der Waals surface area contributed by atoms with Crippen LogP contribution in [-0.2, 0) is 15.2 Å². The molecule has 6 nitrogen and oxygen atoms in total. The van der Waals surface area contributed by atoms with Gasteiger partial charge >= 0.3 is 61.8 Å². The van der Waals surface area contributed by atoms with E-state index in [0.29, 0.717) is 5.56 Å². The minimum atomic E-state index is -4.54. The molecule has 1 aromatic carbocycles. The second kappa shape index (κ2) is 7.26. The van der Waals surface area contributed by atoms with Crippen molar-refractivity contribution in [2.24, 2.45) is 0 Å². The molecule has 0 fully saturated rings. The van der Waals surface area contributed by atoms with Gasteiger partial charge in [0.1, 0.15) is 5.75 Å². The van der Waals surface area contributed by atoms with Crippen molar-refractivity contribution in [3.05, 3.63) is 35.9 Å². The van der Waals surface area contributed by atoms with E-state index in [9.17, 15) is 18.3 Å². The zero-order valence-corrected chi connectivity index (χ0v) is 12.8. The number of hydrogen-bond acceptors (Lipinski definition) is 5. The van der Waals surface area contributed by atoms with Crippen LogP contribution in [-0.4, -0.2) is 18.9 Å². The van der Waals surface area contributed by atoms with Crippen LogP contribution in [0.25, 0.3) is 6.08 Å². The summed E-state index contributed by atoms with van der Waals surface area (Å²) < 4.78 is 33.2. The number of benzene rings is 1. The van der Waals surface area contributed by atoms with Crippen molar-refractivity contribution < 1.29 is 78.4 Å². The van der Waals surface area contributed by atoms with E-state index < -0.39 is 16.4 Å². The Morgan fingerprint density at radius 1 is 1.29 bits per heavy atom. The number of carboxylic acid groups (broad SMARTS) is 1. The van der Waals surface area contributed by atoms with E-state index in [1.807, 2.05) is 0 Å².